The van der Waals surface area contributed by atoms with Gasteiger partial charge >= 0.3 is 0 Å². The lowest BCUT2D eigenvalue weighted by atomic mass is 9.94. The highest BCUT2D eigenvalue weighted by atomic mass is 16.3. The Bertz CT molecular complexity index is 1570. The molecule has 0 aliphatic heterocycles. The zero-order chi connectivity index (χ0) is 27.9. The predicted molar refractivity (Wildman–Crippen MR) is 150 cm³/mol. The van der Waals surface area contributed by atoms with Crippen molar-refractivity contribution in [2.45, 2.75) is 65.6 Å². The van der Waals surface area contributed by atoms with Crippen LogP contribution < -0.4 is 10.9 Å². The average Bonchev–Trinajstić information content (AvgIpc) is 3.57. The van der Waals surface area contributed by atoms with Crippen LogP contribution in [0.4, 0.5) is 5.82 Å². The van der Waals surface area contributed by atoms with Gasteiger partial charge in [0, 0.05) is 23.8 Å². The van der Waals surface area contributed by atoms with Crippen molar-refractivity contribution in [2.24, 2.45) is 5.92 Å². The fourth-order valence-electron chi connectivity index (χ4n) is 4.66. The Morgan fingerprint density at radius 1 is 1.15 bits per heavy atom. The summed E-state index contributed by atoms with van der Waals surface area (Å²) >= 11 is 0. The van der Waals surface area contributed by atoms with Crippen molar-refractivity contribution in [2.75, 3.05) is 5.32 Å². The Balaban J connectivity index is 1.51. The number of hydrogen-bond donors (Lipinski definition) is 2. The van der Waals surface area contributed by atoms with Gasteiger partial charge in [-0.05, 0) is 82.7 Å². The summed E-state index contributed by atoms with van der Waals surface area (Å²) < 4.78 is 3.63. The van der Waals surface area contributed by atoms with Crippen molar-refractivity contribution in [3.63, 3.8) is 0 Å². The lowest BCUT2D eigenvalue weighted by Crippen LogP contribution is -2.31. The van der Waals surface area contributed by atoms with E-state index in [0.717, 1.165) is 35.2 Å². The number of carbonyl (C=O) groups is 1. The minimum absolute atomic E-state index is 0.0559. The Hall–Kier alpha value is -4.11. The molecule has 0 atom stereocenters. The van der Waals surface area contributed by atoms with Crippen LogP contribution >= 0.6 is 0 Å². The number of anilines is 1. The number of aliphatic hydroxyl groups is 1. The van der Waals surface area contributed by atoms with Gasteiger partial charge in [-0.2, -0.15) is 0 Å². The summed E-state index contributed by atoms with van der Waals surface area (Å²) in [6, 6.07) is 14.7. The monoisotopic (exact) mass is 526 g/mol. The van der Waals surface area contributed by atoms with Crippen LogP contribution in [0.5, 0.6) is 0 Å². The second-order valence-electron chi connectivity index (χ2n) is 11.1. The van der Waals surface area contributed by atoms with Gasteiger partial charge in [-0.1, -0.05) is 30.3 Å². The van der Waals surface area contributed by atoms with Crippen LogP contribution in [0.3, 0.4) is 0 Å². The summed E-state index contributed by atoms with van der Waals surface area (Å²) in [6.45, 7) is 10.0. The largest absolute Gasteiger partial charge is 0.386 e. The van der Waals surface area contributed by atoms with Crippen LogP contribution in [0.25, 0.3) is 22.6 Å². The second-order valence-corrected chi connectivity index (χ2v) is 11.1. The highest BCUT2D eigenvalue weighted by Gasteiger charge is 2.26. The molecule has 9 nitrogen and oxygen atoms in total. The van der Waals surface area contributed by atoms with Crippen molar-refractivity contribution in [1.82, 2.24) is 24.3 Å². The molecule has 1 aliphatic rings. The molecule has 1 fully saturated rings. The number of amides is 1. The SMILES string of the molecule is Cc1c(-c2ccc(C(C)(C)O)cc2)cc(C(=O)Nc2cccc(-c3nncn3C(C)C)n2)c(=O)n1CC1CC1. The summed E-state index contributed by atoms with van der Waals surface area (Å²) in [7, 11) is 0. The number of hydrogen-bond acceptors (Lipinski definition) is 6. The Morgan fingerprint density at radius 2 is 1.87 bits per heavy atom. The molecule has 9 heteroatoms. The van der Waals surface area contributed by atoms with E-state index < -0.39 is 11.5 Å². The first-order valence-electron chi connectivity index (χ1n) is 13.3. The Labute approximate surface area is 227 Å². The molecule has 202 valence electrons. The van der Waals surface area contributed by atoms with E-state index in [9.17, 15) is 14.7 Å². The van der Waals surface area contributed by atoms with Crippen molar-refractivity contribution < 1.29 is 9.90 Å². The number of nitrogens with zero attached hydrogens (tertiary/aromatic N) is 5. The summed E-state index contributed by atoms with van der Waals surface area (Å²) in [5, 5.41) is 21.4. The summed E-state index contributed by atoms with van der Waals surface area (Å²) in [5.74, 6) is 0.844. The number of rotatable bonds is 8. The minimum Gasteiger partial charge on any atom is -0.386 e. The quantitative estimate of drug-likeness (QED) is 0.336. The molecular weight excluding hydrogens is 492 g/mol. The second kappa shape index (κ2) is 10.2. The molecule has 4 aromatic rings. The third kappa shape index (κ3) is 5.54. The van der Waals surface area contributed by atoms with Gasteiger partial charge in [-0.3, -0.25) is 9.59 Å². The van der Waals surface area contributed by atoms with E-state index in [0.29, 0.717) is 29.8 Å². The Kier molecular flexibility index (Phi) is 6.94. The van der Waals surface area contributed by atoms with Crippen LogP contribution in [-0.2, 0) is 12.1 Å². The highest BCUT2D eigenvalue weighted by Crippen LogP contribution is 2.32. The number of benzene rings is 1. The topological polar surface area (TPSA) is 115 Å². The van der Waals surface area contributed by atoms with Gasteiger partial charge in [0.15, 0.2) is 5.82 Å². The van der Waals surface area contributed by atoms with E-state index in [1.54, 1.807) is 42.9 Å². The van der Waals surface area contributed by atoms with Crippen LogP contribution in [0.2, 0.25) is 0 Å². The molecule has 0 bridgehead atoms. The standard InChI is InChI=1S/C30H34N6O3/c1-18(2)36-17-31-34-27(36)25-7-6-8-26(32-25)33-28(37)24-15-23(19(3)35(29(24)38)16-20-9-10-20)21-11-13-22(14-12-21)30(4,5)39/h6-8,11-15,17-18,20,39H,9-10,16H2,1-5H3,(H,32,33,37). The average molecular weight is 527 g/mol. The van der Waals surface area contributed by atoms with E-state index in [1.807, 2.05) is 55.7 Å². The lowest BCUT2D eigenvalue weighted by molar-refractivity contribution is 0.0786. The third-order valence-corrected chi connectivity index (χ3v) is 7.19. The van der Waals surface area contributed by atoms with Crippen LogP contribution in [-0.4, -0.2) is 35.3 Å². The molecule has 2 N–H and O–H groups in total. The molecule has 1 amide bonds. The summed E-state index contributed by atoms with van der Waals surface area (Å²) in [4.78, 5) is 31.6. The van der Waals surface area contributed by atoms with E-state index >= 15 is 0 Å². The minimum atomic E-state index is -0.965. The number of carbonyl (C=O) groups excluding carboxylic acids is 1. The van der Waals surface area contributed by atoms with Crippen LogP contribution in [0, 0.1) is 12.8 Å². The predicted octanol–water partition coefficient (Wildman–Crippen LogP) is 4.95. The molecule has 0 saturated heterocycles. The van der Waals surface area contributed by atoms with Gasteiger partial charge in [-0.15, -0.1) is 10.2 Å². The van der Waals surface area contributed by atoms with E-state index in [2.05, 4.69) is 20.5 Å². The van der Waals surface area contributed by atoms with E-state index in [-0.39, 0.29) is 17.2 Å². The van der Waals surface area contributed by atoms with E-state index in [1.165, 1.54) is 0 Å². The van der Waals surface area contributed by atoms with Gasteiger partial charge in [-0.25, -0.2) is 4.98 Å². The Morgan fingerprint density at radius 3 is 2.51 bits per heavy atom. The number of nitrogens with one attached hydrogen (secondary N) is 1. The molecule has 1 aromatic carbocycles. The van der Waals surface area contributed by atoms with Gasteiger partial charge in [0.25, 0.3) is 11.5 Å². The van der Waals surface area contributed by atoms with Gasteiger partial charge in [0.05, 0.1) is 5.60 Å². The molecule has 39 heavy (non-hydrogen) atoms. The fourth-order valence-corrected chi connectivity index (χ4v) is 4.66. The molecule has 3 aromatic heterocycles. The first-order valence-corrected chi connectivity index (χ1v) is 13.3. The maximum absolute atomic E-state index is 13.6. The third-order valence-electron chi connectivity index (χ3n) is 7.19. The first kappa shape index (κ1) is 26.5. The first-order chi connectivity index (χ1) is 18.5. The molecule has 0 unspecified atom stereocenters. The molecule has 0 spiro atoms. The zero-order valence-electron chi connectivity index (χ0n) is 23.0. The van der Waals surface area contributed by atoms with E-state index in [4.69, 9.17) is 0 Å². The maximum atomic E-state index is 13.6. The summed E-state index contributed by atoms with van der Waals surface area (Å²) in [5.41, 5.74) is 2.61. The normalized spacial score (nSPS) is 13.6. The smallest absolute Gasteiger partial charge is 0.263 e. The summed E-state index contributed by atoms with van der Waals surface area (Å²) in [6.07, 6.45) is 3.81. The zero-order valence-corrected chi connectivity index (χ0v) is 23.0. The lowest BCUT2D eigenvalue weighted by Gasteiger charge is -2.19. The van der Waals surface area contributed by atoms with Crippen molar-refractivity contribution >= 4 is 11.7 Å². The number of pyridine rings is 2. The molecule has 1 saturated carbocycles. The van der Waals surface area contributed by atoms with Gasteiger partial charge in [0.1, 0.15) is 23.4 Å². The molecule has 3 heterocycles. The van der Waals surface area contributed by atoms with Crippen molar-refractivity contribution in [3.05, 3.63) is 82.0 Å². The van der Waals surface area contributed by atoms with Gasteiger partial charge < -0.3 is 19.6 Å². The molecule has 5 rings (SSSR count). The van der Waals surface area contributed by atoms with Crippen LogP contribution in [0.1, 0.15) is 68.2 Å². The highest BCUT2D eigenvalue weighted by molar-refractivity contribution is 6.04. The maximum Gasteiger partial charge on any atom is 0.263 e. The fraction of sp³-hybridized carbons (Fsp3) is 0.367. The molecular formula is C30H34N6O3. The van der Waals surface area contributed by atoms with Gasteiger partial charge in [0.2, 0.25) is 0 Å². The number of aromatic nitrogens is 5. The van der Waals surface area contributed by atoms with Crippen LogP contribution in [0.15, 0.2) is 59.7 Å². The van der Waals surface area contributed by atoms with Crippen molar-refractivity contribution in [1.29, 1.82) is 0 Å². The molecule has 1 aliphatic carbocycles. The van der Waals surface area contributed by atoms with Crippen molar-refractivity contribution in [3.8, 4) is 22.6 Å². The molecule has 0 radical (unpaired) electrons.